The van der Waals surface area contributed by atoms with Crippen LogP contribution in [0.5, 0.6) is 0 Å². The van der Waals surface area contributed by atoms with Crippen LogP contribution < -0.4 is 5.32 Å². The standard InChI is InChI=1S/C19H20N2OS2/c1-15-6-8-18(9-7-15)24-14-19(22)21-10-11-23-13-17-5-3-2-4-16(17)12-20/h2-9H,10-11,13-14H2,1H3,(H,21,22). The molecule has 0 saturated heterocycles. The van der Waals surface area contributed by atoms with Crippen molar-refractivity contribution in [2.75, 3.05) is 18.1 Å². The van der Waals surface area contributed by atoms with Crippen LogP contribution in [0.3, 0.4) is 0 Å². The first-order valence-corrected chi connectivity index (χ1v) is 9.85. The van der Waals surface area contributed by atoms with Gasteiger partial charge in [-0.2, -0.15) is 17.0 Å². The lowest BCUT2D eigenvalue weighted by atomic mass is 10.1. The van der Waals surface area contributed by atoms with E-state index in [1.165, 1.54) is 5.56 Å². The second kappa shape index (κ2) is 10.1. The number of aryl methyl sites for hydroxylation is 1. The van der Waals surface area contributed by atoms with Gasteiger partial charge < -0.3 is 5.32 Å². The van der Waals surface area contributed by atoms with Gasteiger partial charge in [0.25, 0.3) is 0 Å². The monoisotopic (exact) mass is 356 g/mol. The van der Waals surface area contributed by atoms with Crippen molar-refractivity contribution in [1.82, 2.24) is 5.32 Å². The summed E-state index contributed by atoms with van der Waals surface area (Å²) in [6.45, 7) is 2.69. The number of nitrogens with one attached hydrogen (secondary N) is 1. The van der Waals surface area contributed by atoms with Crippen LogP contribution in [0, 0.1) is 18.3 Å². The smallest absolute Gasteiger partial charge is 0.230 e. The molecule has 0 spiro atoms. The van der Waals surface area contributed by atoms with Crippen LogP contribution in [0.25, 0.3) is 0 Å². The maximum atomic E-state index is 11.8. The van der Waals surface area contributed by atoms with E-state index >= 15 is 0 Å². The third-order valence-electron chi connectivity index (χ3n) is 3.35. The molecule has 0 atom stereocenters. The first-order chi connectivity index (χ1) is 11.7. The van der Waals surface area contributed by atoms with E-state index in [1.54, 1.807) is 23.5 Å². The number of rotatable bonds is 8. The Morgan fingerprint density at radius 2 is 1.92 bits per heavy atom. The summed E-state index contributed by atoms with van der Waals surface area (Å²) in [5, 5.41) is 12.0. The van der Waals surface area contributed by atoms with Crippen LogP contribution in [0.1, 0.15) is 16.7 Å². The van der Waals surface area contributed by atoms with Crippen LogP contribution in [0.15, 0.2) is 53.4 Å². The fraction of sp³-hybridized carbons (Fsp3) is 0.263. The lowest BCUT2D eigenvalue weighted by molar-refractivity contribution is -0.118. The zero-order valence-corrected chi connectivity index (χ0v) is 15.3. The minimum atomic E-state index is 0.0543. The third-order valence-corrected chi connectivity index (χ3v) is 5.37. The zero-order valence-electron chi connectivity index (χ0n) is 13.6. The Bertz CT molecular complexity index is 708. The second-order valence-electron chi connectivity index (χ2n) is 5.27. The molecule has 0 aliphatic rings. The summed E-state index contributed by atoms with van der Waals surface area (Å²) in [6, 6.07) is 18.0. The highest BCUT2D eigenvalue weighted by molar-refractivity contribution is 8.00. The second-order valence-corrected chi connectivity index (χ2v) is 7.43. The maximum absolute atomic E-state index is 11.8. The van der Waals surface area contributed by atoms with Crippen LogP contribution >= 0.6 is 23.5 Å². The van der Waals surface area contributed by atoms with E-state index in [0.717, 1.165) is 27.5 Å². The van der Waals surface area contributed by atoms with Gasteiger partial charge in [-0.3, -0.25) is 4.79 Å². The van der Waals surface area contributed by atoms with Gasteiger partial charge >= 0.3 is 0 Å². The van der Waals surface area contributed by atoms with Gasteiger partial charge in [0.15, 0.2) is 0 Å². The number of nitrogens with zero attached hydrogens (tertiary/aromatic N) is 1. The topological polar surface area (TPSA) is 52.9 Å². The van der Waals surface area contributed by atoms with Crippen molar-refractivity contribution < 1.29 is 4.79 Å². The van der Waals surface area contributed by atoms with E-state index in [9.17, 15) is 4.79 Å². The Hall–Kier alpha value is -1.90. The molecular weight excluding hydrogens is 336 g/mol. The molecule has 0 unspecified atom stereocenters. The Morgan fingerprint density at radius 3 is 2.67 bits per heavy atom. The van der Waals surface area contributed by atoms with Crippen LogP contribution in [-0.4, -0.2) is 24.0 Å². The molecule has 2 rings (SSSR count). The van der Waals surface area contributed by atoms with Crippen molar-refractivity contribution in [1.29, 1.82) is 5.26 Å². The molecule has 0 saturated carbocycles. The largest absolute Gasteiger partial charge is 0.355 e. The molecule has 1 N–H and O–H groups in total. The highest BCUT2D eigenvalue weighted by Gasteiger charge is 2.03. The van der Waals surface area contributed by atoms with Gasteiger partial charge in [-0.1, -0.05) is 35.9 Å². The van der Waals surface area contributed by atoms with E-state index in [0.29, 0.717) is 12.3 Å². The summed E-state index contributed by atoms with van der Waals surface area (Å²) < 4.78 is 0. The fourth-order valence-electron chi connectivity index (χ4n) is 2.03. The summed E-state index contributed by atoms with van der Waals surface area (Å²) in [5.41, 5.74) is 2.99. The fourth-order valence-corrected chi connectivity index (χ4v) is 3.63. The predicted octanol–water partition coefficient (Wildman–Crippen LogP) is 4.01. The molecule has 24 heavy (non-hydrogen) atoms. The van der Waals surface area contributed by atoms with Crippen molar-refractivity contribution >= 4 is 29.4 Å². The maximum Gasteiger partial charge on any atom is 0.230 e. The quantitative estimate of drug-likeness (QED) is 0.573. The van der Waals surface area contributed by atoms with Crippen molar-refractivity contribution in [3.05, 3.63) is 65.2 Å². The van der Waals surface area contributed by atoms with E-state index in [2.05, 4.69) is 23.5 Å². The van der Waals surface area contributed by atoms with E-state index in [1.807, 2.05) is 43.3 Å². The lowest BCUT2D eigenvalue weighted by Gasteiger charge is -2.06. The predicted molar refractivity (Wildman–Crippen MR) is 102 cm³/mol. The summed E-state index contributed by atoms with van der Waals surface area (Å²) in [6.07, 6.45) is 0. The highest BCUT2D eigenvalue weighted by Crippen LogP contribution is 2.18. The van der Waals surface area contributed by atoms with Gasteiger partial charge in [0.1, 0.15) is 0 Å². The minimum Gasteiger partial charge on any atom is -0.355 e. The molecule has 2 aromatic rings. The van der Waals surface area contributed by atoms with Crippen molar-refractivity contribution in [3.63, 3.8) is 0 Å². The Kier molecular flexibility index (Phi) is 7.73. The summed E-state index contributed by atoms with van der Waals surface area (Å²) in [7, 11) is 0. The molecule has 0 aromatic heterocycles. The summed E-state index contributed by atoms with van der Waals surface area (Å²) in [4.78, 5) is 12.9. The van der Waals surface area contributed by atoms with Crippen molar-refractivity contribution in [2.24, 2.45) is 0 Å². The number of hydrogen-bond acceptors (Lipinski definition) is 4. The molecule has 0 bridgehead atoms. The zero-order chi connectivity index (χ0) is 17.2. The normalized spacial score (nSPS) is 10.2. The average Bonchev–Trinajstić information content (AvgIpc) is 2.61. The molecule has 124 valence electrons. The lowest BCUT2D eigenvalue weighted by Crippen LogP contribution is -2.27. The number of amides is 1. The Morgan fingerprint density at radius 1 is 1.17 bits per heavy atom. The van der Waals surface area contributed by atoms with Crippen LogP contribution in [0.4, 0.5) is 0 Å². The van der Waals surface area contributed by atoms with E-state index < -0.39 is 0 Å². The molecular formula is C19H20N2OS2. The molecule has 5 heteroatoms. The van der Waals surface area contributed by atoms with Gasteiger partial charge in [-0.15, -0.1) is 11.8 Å². The first kappa shape index (κ1) is 18.4. The van der Waals surface area contributed by atoms with Gasteiger partial charge in [-0.25, -0.2) is 0 Å². The van der Waals surface area contributed by atoms with Gasteiger partial charge in [-0.05, 0) is 30.7 Å². The molecule has 0 aliphatic heterocycles. The van der Waals surface area contributed by atoms with Crippen LogP contribution in [0.2, 0.25) is 0 Å². The van der Waals surface area contributed by atoms with E-state index in [4.69, 9.17) is 5.26 Å². The molecule has 0 fully saturated rings. The highest BCUT2D eigenvalue weighted by atomic mass is 32.2. The van der Waals surface area contributed by atoms with Gasteiger partial charge in [0.2, 0.25) is 5.91 Å². The van der Waals surface area contributed by atoms with Crippen LogP contribution in [-0.2, 0) is 10.5 Å². The average molecular weight is 357 g/mol. The third kappa shape index (κ3) is 6.31. The molecule has 3 nitrogen and oxygen atoms in total. The molecule has 1 amide bonds. The van der Waals surface area contributed by atoms with Gasteiger partial charge in [0.05, 0.1) is 17.4 Å². The number of nitriles is 1. The summed E-state index contributed by atoms with van der Waals surface area (Å²) in [5.74, 6) is 2.11. The number of thioether (sulfide) groups is 2. The Labute approximate surface area is 151 Å². The first-order valence-electron chi connectivity index (χ1n) is 7.71. The molecule has 0 heterocycles. The SMILES string of the molecule is Cc1ccc(SCC(=O)NCCSCc2ccccc2C#N)cc1. The number of carbonyl (C=O) groups excluding carboxylic acids is 1. The number of benzene rings is 2. The van der Waals surface area contributed by atoms with Crippen molar-refractivity contribution in [3.8, 4) is 6.07 Å². The molecule has 0 radical (unpaired) electrons. The molecule has 2 aromatic carbocycles. The summed E-state index contributed by atoms with van der Waals surface area (Å²) >= 11 is 3.27. The Balaban J connectivity index is 1.61. The van der Waals surface area contributed by atoms with Crippen molar-refractivity contribution in [2.45, 2.75) is 17.6 Å². The minimum absolute atomic E-state index is 0.0543. The molecule has 0 aliphatic carbocycles. The van der Waals surface area contributed by atoms with Gasteiger partial charge in [0, 0.05) is 22.9 Å². The number of carbonyl (C=O) groups is 1. The number of hydrogen-bond donors (Lipinski definition) is 1. The van der Waals surface area contributed by atoms with E-state index in [-0.39, 0.29) is 5.91 Å².